The van der Waals surface area contributed by atoms with Crippen molar-refractivity contribution in [2.45, 2.75) is 63.7 Å². The number of hydrogen-bond acceptors (Lipinski definition) is 4. The summed E-state index contributed by atoms with van der Waals surface area (Å²) in [6.45, 7) is 4.99. The molecule has 2 rings (SSSR count). The normalized spacial score (nSPS) is 15.7. The average molecular weight is 376 g/mol. The number of hydrazine groups is 1. The summed E-state index contributed by atoms with van der Waals surface area (Å²) >= 11 is 1.74. The van der Waals surface area contributed by atoms with Crippen LogP contribution in [0.25, 0.3) is 0 Å². The molecule has 1 aromatic carbocycles. The number of benzene rings is 1. The van der Waals surface area contributed by atoms with Gasteiger partial charge < -0.3 is 10.7 Å². The molecule has 1 aliphatic rings. The first-order chi connectivity index (χ1) is 12.7. The maximum atomic E-state index is 12.5. The molecule has 26 heavy (non-hydrogen) atoms. The van der Waals surface area contributed by atoms with Gasteiger partial charge in [-0.15, -0.1) is 0 Å². The molecule has 0 unspecified atom stereocenters. The minimum Gasteiger partial charge on any atom is -0.352 e. The smallest absolute Gasteiger partial charge is 0.251 e. The molecule has 0 saturated heterocycles. The monoisotopic (exact) mass is 375 g/mol. The summed E-state index contributed by atoms with van der Waals surface area (Å²) in [6.07, 6.45) is 11.0. The standard InChI is InChI=1S/C21H33N3OS/c1-4-18(5-2)26-20-12-11-17(15-19(20)24-22-3)21(25)23-14-13-16-9-7-6-8-10-16/h4,11-12,15-16,22,24H,5-10,13-14H2,1-3H3,(H,23,25)/b18-4+. The molecule has 144 valence electrons. The second-order valence-electron chi connectivity index (χ2n) is 6.85. The second-order valence-corrected chi connectivity index (χ2v) is 8.01. The van der Waals surface area contributed by atoms with Crippen molar-refractivity contribution in [3.8, 4) is 0 Å². The largest absolute Gasteiger partial charge is 0.352 e. The third-order valence-corrected chi connectivity index (χ3v) is 6.34. The number of carbonyl (C=O) groups excluding carboxylic acids is 1. The Morgan fingerprint density at radius 1 is 1.27 bits per heavy atom. The maximum Gasteiger partial charge on any atom is 0.251 e. The van der Waals surface area contributed by atoms with Crippen LogP contribution in [-0.4, -0.2) is 19.5 Å². The molecule has 0 atom stereocenters. The van der Waals surface area contributed by atoms with E-state index in [0.29, 0.717) is 5.56 Å². The van der Waals surface area contributed by atoms with Crippen LogP contribution in [-0.2, 0) is 0 Å². The van der Waals surface area contributed by atoms with E-state index in [1.807, 2.05) is 25.2 Å². The van der Waals surface area contributed by atoms with E-state index in [1.165, 1.54) is 37.0 Å². The summed E-state index contributed by atoms with van der Waals surface area (Å²) in [5, 5.41) is 3.09. The molecule has 0 spiro atoms. The van der Waals surface area contributed by atoms with Crippen LogP contribution in [0.2, 0.25) is 0 Å². The zero-order valence-electron chi connectivity index (χ0n) is 16.4. The molecule has 0 heterocycles. The van der Waals surface area contributed by atoms with Crippen molar-refractivity contribution in [3.63, 3.8) is 0 Å². The fraction of sp³-hybridized carbons (Fsp3) is 0.571. The van der Waals surface area contributed by atoms with Gasteiger partial charge in [0.05, 0.1) is 5.69 Å². The number of rotatable bonds is 9. The van der Waals surface area contributed by atoms with Crippen LogP contribution in [0.15, 0.2) is 34.1 Å². The lowest BCUT2D eigenvalue weighted by molar-refractivity contribution is 0.0950. The predicted molar refractivity (Wildman–Crippen MR) is 113 cm³/mol. The Morgan fingerprint density at radius 3 is 2.69 bits per heavy atom. The van der Waals surface area contributed by atoms with Crippen molar-refractivity contribution in [1.29, 1.82) is 0 Å². The molecule has 5 heteroatoms. The highest BCUT2D eigenvalue weighted by molar-refractivity contribution is 8.03. The summed E-state index contributed by atoms with van der Waals surface area (Å²) in [7, 11) is 1.84. The van der Waals surface area contributed by atoms with Crippen LogP contribution < -0.4 is 16.2 Å². The van der Waals surface area contributed by atoms with Crippen LogP contribution in [0.4, 0.5) is 5.69 Å². The number of carbonyl (C=O) groups is 1. The Hall–Kier alpha value is -1.46. The zero-order chi connectivity index (χ0) is 18.8. The fourth-order valence-electron chi connectivity index (χ4n) is 3.44. The molecule has 1 saturated carbocycles. The summed E-state index contributed by atoms with van der Waals surface area (Å²) in [5.41, 5.74) is 7.76. The topological polar surface area (TPSA) is 53.2 Å². The first kappa shape index (κ1) is 20.8. The van der Waals surface area contributed by atoms with Crippen molar-refractivity contribution < 1.29 is 4.79 Å². The lowest BCUT2D eigenvalue weighted by Gasteiger charge is -2.21. The number of anilines is 1. The molecule has 0 aliphatic heterocycles. The Kier molecular flexibility index (Phi) is 9.06. The Balaban J connectivity index is 1.96. The number of allylic oxidation sites excluding steroid dienone is 2. The van der Waals surface area contributed by atoms with Gasteiger partial charge in [-0.1, -0.05) is 56.9 Å². The molecule has 0 bridgehead atoms. The fourth-order valence-corrected chi connectivity index (χ4v) is 4.34. The number of hydrogen-bond donors (Lipinski definition) is 3. The van der Waals surface area contributed by atoms with E-state index in [0.717, 1.165) is 35.9 Å². The minimum atomic E-state index is 0.0123. The van der Waals surface area contributed by atoms with Gasteiger partial charge in [-0.25, -0.2) is 5.43 Å². The molecule has 1 amide bonds. The molecule has 1 fully saturated rings. The SMILES string of the molecule is C/C=C(\CC)Sc1ccc(C(=O)NCCC2CCCCC2)cc1NNC. The summed E-state index contributed by atoms with van der Waals surface area (Å²) in [6, 6.07) is 5.87. The van der Waals surface area contributed by atoms with Gasteiger partial charge in [0.15, 0.2) is 0 Å². The van der Waals surface area contributed by atoms with Crippen LogP contribution in [0.3, 0.4) is 0 Å². The van der Waals surface area contributed by atoms with E-state index in [9.17, 15) is 4.79 Å². The van der Waals surface area contributed by atoms with Gasteiger partial charge in [-0.05, 0) is 48.8 Å². The Morgan fingerprint density at radius 2 is 2.04 bits per heavy atom. The average Bonchev–Trinajstić information content (AvgIpc) is 2.68. The Labute approximate surface area is 162 Å². The van der Waals surface area contributed by atoms with E-state index in [4.69, 9.17) is 0 Å². The second kappa shape index (κ2) is 11.3. The molecular formula is C21H33N3OS. The number of nitrogens with one attached hydrogen (secondary N) is 3. The van der Waals surface area contributed by atoms with Gasteiger partial charge in [-0.3, -0.25) is 4.79 Å². The summed E-state index contributed by atoms with van der Waals surface area (Å²) in [5.74, 6) is 0.802. The third kappa shape index (κ3) is 6.36. The van der Waals surface area contributed by atoms with E-state index in [-0.39, 0.29) is 5.91 Å². The maximum absolute atomic E-state index is 12.5. The van der Waals surface area contributed by atoms with Crippen LogP contribution in [0, 0.1) is 5.92 Å². The van der Waals surface area contributed by atoms with Gasteiger partial charge in [0.2, 0.25) is 0 Å². The third-order valence-electron chi connectivity index (χ3n) is 4.98. The van der Waals surface area contributed by atoms with Gasteiger partial charge in [0.1, 0.15) is 0 Å². The minimum absolute atomic E-state index is 0.0123. The highest BCUT2D eigenvalue weighted by atomic mass is 32.2. The first-order valence-corrected chi connectivity index (χ1v) is 10.7. The van der Waals surface area contributed by atoms with Gasteiger partial charge >= 0.3 is 0 Å². The molecule has 0 aromatic heterocycles. The van der Waals surface area contributed by atoms with E-state index in [2.05, 4.69) is 36.1 Å². The molecule has 4 nitrogen and oxygen atoms in total. The van der Waals surface area contributed by atoms with Crippen molar-refractivity contribution in [2.75, 3.05) is 19.0 Å². The van der Waals surface area contributed by atoms with Crippen LogP contribution in [0.5, 0.6) is 0 Å². The zero-order valence-corrected chi connectivity index (χ0v) is 17.2. The Bertz CT molecular complexity index is 609. The highest BCUT2D eigenvalue weighted by Gasteiger charge is 2.14. The van der Waals surface area contributed by atoms with Crippen LogP contribution in [0.1, 0.15) is 69.2 Å². The molecule has 1 aromatic rings. The van der Waals surface area contributed by atoms with Gasteiger partial charge in [0, 0.05) is 24.1 Å². The van der Waals surface area contributed by atoms with Crippen molar-refractivity contribution in [3.05, 3.63) is 34.7 Å². The highest BCUT2D eigenvalue weighted by Crippen LogP contribution is 2.34. The number of amides is 1. The molecule has 3 N–H and O–H groups in total. The van der Waals surface area contributed by atoms with E-state index in [1.54, 1.807) is 11.8 Å². The molecule has 0 radical (unpaired) electrons. The lowest BCUT2D eigenvalue weighted by atomic mass is 9.87. The molecule has 1 aliphatic carbocycles. The van der Waals surface area contributed by atoms with Gasteiger partial charge in [-0.2, -0.15) is 0 Å². The van der Waals surface area contributed by atoms with Crippen LogP contribution >= 0.6 is 11.8 Å². The summed E-state index contributed by atoms with van der Waals surface area (Å²) in [4.78, 5) is 14.9. The lowest BCUT2D eigenvalue weighted by Crippen LogP contribution is -2.26. The van der Waals surface area contributed by atoms with Gasteiger partial charge in [0.25, 0.3) is 5.91 Å². The first-order valence-electron chi connectivity index (χ1n) is 9.86. The number of thioether (sulfide) groups is 1. The molecular weight excluding hydrogens is 342 g/mol. The quantitative estimate of drug-likeness (QED) is 0.403. The van der Waals surface area contributed by atoms with Crippen molar-refractivity contribution in [2.24, 2.45) is 5.92 Å². The van der Waals surface area contributed by atoms with Crippen molar-refractivity contribution in [1.82, 2.24) is 10.7 Å². The van der Waals surface area contributed by atoms with E-state index >= 15 is 0 Å². The van der Waals surface area contributed by atoms with Crippen molar-refractivity contribution >= 4 is 23.4 Å². The predicted octanol–water partition coefficient (Wildman–Crippen LogP) is 5.34. The van der Waals surface area contributed by atoms with E-state index < -0.39 is 0 Å². The summed E-state index contributed by atoms with van der Waals surface area (Å²) < 4.78 is 0.